The minimum atomic E-state index is 0. The Hall–Kier alpha value is 1.44. The molecule has 0 aromatic carbocycles. The molecular weight excluding hydrogens is 131 g/mol. The zero-order valence-corrected chi connectivity index (χ0v) is 6.37. The molecule has 0 aromatic heterocycles. The Bertz CT molecular complexity index is 11.6. The number of hydrogen-bond donors (Lipinski definition) is 0. The van der Waals surface area contributed by atoms with Crippen molar-refractivity contribution in [2.45, 2.75) is 0 Å². The Balaban J connectivity index is -0.0000000200. The Labute approximate surface area is 57.9 Å². The van der Waals surface area contributed by atoms with Gasteiger partial charge >= 0.3 is 29.6 Å². The van der Waals surface area contributed by atoms with Crippen molar-refractivity contribution in [2.24, 2.45) is 0 Å². The first-order valence-electron chi connectivity index (χ1n) is 0.563. The molecule has 0 rings (SSSR count). The van der Waals surface area contributed by atoms with E-state index in [1.807, 2.05) is 0 Å². The van der Waals surface area contributed by atoms with Crippen molar-refractivity contribution in [1.29, 1.82) is 0 Å². The second kappa shape index (κ2) is 8.83. The second-order valence-corrected chi connectivity index (χ2v) is 0.802. The van der Waals surface area contributed by atoms with E-state index in [0.717, 1.165) is 0 Å². The summed E-state index contributed by atoms with van der Waals surface area (Å²) < 4.78 is 4.06. The summed E-state index contributed by atoms with van der Waals surface area (Å²) >= 11 is 2.65. The molecule has 0 saturated heterocycles. The summed E-state index contributed by atoms with van der Waals surface area (Å²) in [5, 5.41) is 0. The van der Waals surface area contributed by atoms with Crippen LogP contribution in [0, 0.1) is 0 Å². The van der Waals surface area contributed by atoms with Crippen LogP contribution in [0.25, 0.3) is 0 Å². The van der Waals surface area contributed by atoms with E-state index in [0.29, 0.717) is 0 Å². The van der Waals surface area contributed by atoms with Crippen molar-refractivity contribution < 1.29 is 34.8 Å². The first kappa shape index (κ1) is 9.06. The molecular formula is CH4BrNaO. The molecule has 0 saturated carbocycles. The van der Waals surface area contributed by atoms with Gasteiger partial charge in [-0.3, -0.25) is 0 Å². The predicted octanol–water partition coefficient (Wildman–Crippen LogP) is -1.94. The van der Waals surface area contributed by atoms with Gasteiger partial charge in [-0.1, -0.05) is 0 Å². The zero-order valence-electron chi connectivity index (χ0n) is 3.79. The van der Waals surface area contributed by atoms with Gasteiger partial charge in [0.2, 0.25) is 0 Å². The maximum absolute atomic E-state index is 4.06. The van der Waals surface area contributed by atoms with Gasteiger partial charge in [-0.2, -0.15) is 0 Å². The van der Waals surface area contributed by atoms with Crippen LogP contribution in [0.2, 0.25) is 0 Å². The summed E-state index contributed by atoms with van der Waals surface area (Å²) in [5.41, 5.74) is 0. The van der Waals surface area contributed by atoms with E-state index < -0.39 is 0 Å². The van der Waals surface area contributed by atoms with Gasteiger partial charge in [0.05, 0.1) is 23.4 Å². The van der Waals surface area contributed by atoms with Gasteiger partial charge < -0.3 is 5.25 Å². The van der Waals surface area contributed by atoms with Crippen LogP contribution in [0.5, 0.6) is 0 Å². The average molecular weight is 135 g/mol. The first-order chi connectivity index (χ1) is 1.41. The normalized spacial score (nSPS) is 4.50. The molecule has 0 heterocycles. The molecule has 0 aromatic rings. The van der Waals surface area contributed by atoms with E-state index in [9.17, 15) is 0 Å². The molecule has 0 radical (unpaired) electrons. The summed E-state index contributed by atoms with van der Waals surface area (Å²) in [6, 6.07) is 0. The third-order valence-electron chi connectivity index (χ3n) is 0. The molecule has 0 aliphatic rings. The van der Waals surface area contributed by atoms with Crippen molar-refractivity contribution in [3.8, 4) is 0 Å². The van der Waals surface area contributed by atoms with E-state index >= 15 is 0 Å². The van der Waals surface area contributed by atoms with Crippen LogP contribution in [0.4, 0.5) is 0 Å². The van der Waals surface area contributed by atoms with Gasteiger partial charge in [0.1, 0.15) is 0 Å². The van der Waals surface area contributed by atoms with Crippen molar-refractivity contribution in [1.82, 2.24) is 0 Å². The average Bonchev–Trinajstić information content (AvgIpc) is 0.918. The molecule has 0 amide bonds. The molecule has 0 spiro atoms. The van der Waals surface area contributed by atoms with E-state index in [2.05, 4.69) is 20.1 Å². The van der Waals surface area contributed by atoms with Gasteiger partial charge in [0.15, 0.2) is 0 Å². The van der Waals surface area contributed by atoms with Crippen LogP contribution in [-0.2, 0) is 3.83 Å². The smallest absolute Gasteiger partial charge is 1.00 e. The van der Waals surface area contributed by atoms with E-state index in [1.165, 1.54) is 0 Å². The molecule has 0 N–H and O–H groups in total. The van der Waals surface area contributed by atoms with Gasteiger partial charge in [0, 0.05) is 0 Å². The SMILES string of the molecule is COBr.[H-].[Na+]. The fraction of sp³-hybridized carbons (Fsp3) is 1.00. The van der Waals surface area contributed by atoms with Crippen LogP contribution >= 0.6 is 16.3 Å². The fourth-order valence-electron chi connectivity index (χ4n) is 0. The molecule has 0 aliphatic heterocycles. The van der Waals surface area contributed by atoms with Crippen LogP contribution in [0.3, 0.4) is 0 Å². The van der Waals surface area contributed by atoms with Gasteiger partial charge in [0.25, 0.3) is 0 Å². The van der Waals surface area contributed by atoms with Crippen molar-refractivity contribution >= 4 is 16.3 Å². The molecule has 22 valence electrons. The molecule has 0 aliphatic carbocycles. The molecule has 0 unspecified atom stereocenters. The molecule has 0 bridgehead atoms. The minimum absolute atomic E-state index is 0. The molecule has 1 nitrogen and oxygen atoms in total. The van der Waals surface area contributed by atoms with Crippen LogP contribution in [0.15, 0.2) is 0 Å². The van der Waals surface area contributed by atoms with Crippen LogP contribution in [0.1, 0.15) is 1.43 Å². The van der Waals surface area contributed by atoms with E-state index in [1.54, 1.807) is 7.11 Å². The van der Waals surface area contributed by atoms with Crippen molar-refractivity contribution in [2.75, 3.05) is 7.11 Å². The number of halogens is 1. The quantitative estimate of drug-likeness (QED) is 0.351. The molecule has 0 atom stereocenters. The Morgan fingerprint density at radius 2 is 2.00 bits per heavy atom. The largest absolute Gasteiger partial charge is 1.00 e. The van der Waals surface area contributed by atoms with E-state index in [4.69, 9.17) is 0 Å². The van der Waals surface area contributed by atoms with Gasteiger partial charge in [-0.15, -0.1) is 0 Å². The third-order valence-corrected chi connectivity index (χ3v) is 0. The maximum atomic E-state index is 4.06. The third kappa shape index (κ3) is 9.88. The van der Waals surface area contributed by atoms with E-state index in [-0.39, 0.29) is 31.0 Å². The zero-order chi connectivity index (χ0) is 2.71. The Morgan fingerprint density at radius 3 is 2.00 bits per heavy atom. The van der Waals surface area contributed by atoms with Gasteiger partial charge in [-0.05, 0) is 0 Å². The summed E-state index contributed by atoms with van der Waals surface area (Å²) in [4.78, 5) is 0. The van der Waals surface area contributed by atoms with Crippen molar-refractivity contribution in [3.05, 3.63) is 0 Å². The van der Waals surface area contributed by atoms with Crippen LogP contribution in [-0.4, -0.2) is 7.11 Å². The summed E-state index contributed by atoms with van der Waals surface area (Å²) in [6.07, 6.45) is 0. The monoisotopic (exact) mass is 134 g/mol. The maximum Gasteiger partial charge on any atom is 1.00 e. The second-order valence-electron chi connectivity index (χ2n) is 0.154. The summed E-state index contributed by atoms with van der Waals surface area (Å²) in [7, 11) is 1.54. The molecule has 3 heteroatoms. The molecule has 4 heavy (non-hydrogen) atoms. The fourth-order valence-corrected chi connectivity index (χ4v) is 0. The summed E-state index contributed by atoms with van der Waals surface area (Å²) in [6.45, 7) is 0. The van der Waals surface area contributed by atoms with Crippen LogP contribution < -0.4 is 29.6 Å². The predicted molar refractivity (Wildman–Crippen MR) is 17.0 cm³/mol. The van der Waals surface area contributed by atoms with Crippen molar-refractivity contribution in [3.63, 3.8) is 0 Å². The van der Waals surface area contributed by atoms with Gasteiger partial charge in [-0.25, -0.2) is 0 Å². The first-order valence-corrected chi connectivity index (χ1v) is 1.21. The summed E-state index contributed by atoms with van der Waals surface area (Å²) in [5.74, 6) is 0. The standard InChI is InChI=1S/CH3BrO.Na.H/c1-3-2;;/h1H3;;/q;+1;-1. The minimum Gasteiger partial charge on any atom is -1.00 e. The number of hydrogen-bond acceptors (Lipinski definition) is 1. The Kier molecular flexibility index (Phi) is 20.0. The number of rotatable bonds is 0. The Morgan fingerprint density at radius 1 is 2.00 bits per heavy atom. The topological polar surface area (TPSA) is 9.23 Å². The molecule has 0 fully saturated rings.